The van der Waals surface area contributed by atoms with Gasteiger partial charge in [-0.05, 0) is 30.7 Å². The van der Waals surface area contributed by atoms with Gasteiger partial charge >= 0.3 is 0 Å². The van der Waals surface area contributed by atoms with E-state index in [-0.39, 0.29) is 12.1 Å². The second kappa shape index (κ2) is 4.69. The second-order valence-corrected chi connectivity index (χ2v) is 4.81. The Morgan fingerprint density at radius 2 is 1.76 bits per heavy atom. The van der Waals surface area contributed by atoms with Crippen LogP contribution in [-0.2, 0) is 6.54 Å². The summed E-state index contributed by atoms with van der Waals surface area (Å²) in [7, 11) is 0. The molecule has 1 aliphatic rings. The Hall–Kier alpha value is -1.03. The fraction of sp³-hybridized carbons (Fsp3) is 0.538. The third-order valence-corrected chi connectivity index (χ3v) is 3.61. The molecular weight excluding hydrogens is 227 g/mol. The SMILES string of the molecule is CCC1(CNCc2cc(F)c(F)cc2F)CC1. The third-order valence-electron chi connectivity index (χ3n) is 3.61. The number of nitrogens with one attached hydrogen (secondary N) is 1. The Morgan fingerprint density at radius 1 is 1.12 bits per heavy atom. The van der Waals surface area contributed by atoms with Crippen LogP contribution in [0, 0.1) is 22.9 Å². The van der Waals surface area contributed by atoms with Gasteiger partial charge in [-0.1, -0.05) is 6.92 Å². The predicted molar refractivity (Wildman–Crippen MR) is 60.0 cm³/mol. The zero-order chi connectivity index (χ0) is 12.5. The van der Waals surface area contributed by atoms with Gasteiger partial charge in [0.15, 0.2) is 11.6 Å². The smallest absolute Gasteiger partial charge is 0.161 e. The van der Waals surface area contributed by atoms with E-state index in [2.05, 4.69) is 12.2 Å². The molecule has 0 atom stereocenters. The van der Waals surface area contributed by atoms with Gasteiger partial charge < -0.3 is 5.32 Å². The van der Waals surface area contributed by atoms with E-state index in [0.29, 0.717) is 11.5 Å². The molecule has 1 N–H and O–H groups in total. The fourth-order valence-corrected chi connectivity index (χ4v) is 1.99. The Bertz CT molecular complexity index is 413. The van der Waals surface area contributed by atoms with Gasteiger partial charge in [0.1, 0.15) is 5.82 Å². The maximum absolute atomic E-state index is 13.3. The average molecular weight is 243 g/mol. The van der Waals surface area contributed by atoms with Crippen molar-refractivity contribution in [2.24, 2.45) is 5.41 Å². The fourth-order valence-electron chi connectivity index (χ4n) is 1.99. The molecule has 0 unspecified atom stereocenters. The summed E-state index contributed by atoms with van der Waals surface area (Å²) in [6.45, 7) is 3.18. The summed E-state index contributed by atoms with van der Waals surface area (Å²) >= 11 is 0. The highest BCUT2D eigenvalue weighted by atomic mass is 19.2. The molecule has 4 heteroatoms. The van der Waals surface area contributed by atoms with Crippen molar-refractivity contribution in [2.75, 3.05) is 6.54 Å². The van der Waals surface area contributed by atoms with Crippen molar-refractivity contribution in [3.8, 4) is 0 Å². The monoisotopic (exact) mass is 243 g/mol. The number of rotatable bonds is 5. The van der Waals surface area contributed by atoms with Crippen molar-refractivity contribution in [2.45, 2.75) is 32.7 Å². The highest BCUT2D eigenvalue weighted by Crippen LogP contribution is 2.47. The Balaban J connectivity index is 1.93. The maximum Gasteiger partial charge on any atom is 0.161 e. The van der Waals surface area contributed by atoms with Crippen LogP contribution in [0.3, 0.4) is 0 Å². The van der Waals surface area contributed by atoms with E-state index < -0.39 is 17.5 Å². The lowest BCUT2D eigenvalue weighted by atomic mass is 10.0. The topological polar surface area (TPSA) is 12.0 Å². The van der Waals surface area contributed by atoms with Gasteiger partial charge in [-0.25, -0.2) is 13.2 Å². The average Bonchev–Trinajstić information content (AvgIpc) is 3.06. The van der Waals surface area contributed by atoms with Crippen molar-refractivity contribution in [1.82, 2.24) is 5.32 Å². The maximum atomic E-state index is 13.3. The van der Waals surface area contributed by atoms with Gasteiger partial charge in [-0.2, -0.15) is 0 Å². The Labute approximate surface area is 99.0 Å². The summed E-state index contributed by atoms with van der Waals surface area (Å²) in [5.41, 5.74) is 0.533. The van der Waals surface area contributed by atoms with E-state index in [1.807, 2.05) is 0 Å². The lowest BCUT2D eigenvalue weighted by Gasteiger charge is -2.13. The molecular formula is C13H16F3N. The molecule has 0 spiro atoms. The molecule has 1 aliphatic carbocycles. The van der Waals surface area contributed by atoms with Gasteiger partial charge in [0.05, 0.1) is 0 Å². The van der Waals surface area contributed by atoms with E-state index in [0.717, 1.165) is 19.0 Å². The van der Waals surface area contributed by atoms with Crippen LogP contribution < -0.4 is 5.32 Å². The minimum absolute atomic E-state index is 0.177. The van der Waals surface area contributed by atoms with E-state index in [9.17, 15) is 13.2 Å². The minimum atomic E-state index is -1.14. The van der Waals surface area contributed by atoms with E-state index >= 15 is 0 Å². The van der Waals surface area contributed by atoms with Crippen LogP contribution >= 0.6 is 0 Å². The first-order valence-corrected chi connectivity index (χ1v) is 5.90. The number of hydrogen-bond donors (Lipinski definition) is 1. The predicted octanol–water partition coefficient (Wildman–Crippen LogP) is 3.38. The van der Waals surface area contributed by atoms with Crippen LogP contribution in [0.4, 0.5) is 13.2 Å². The molecule has 1 aromatic rings. The first-order chi connectivity index (χ1) is 8.06. The summed E-state index contributed by atoms with van der Waals surface area (Å²) in [5, 5.41) is 3.11. The van der Waals surface area contributed by atoms with Gasteiger partial charge in [-0.15, -0.1) is 0 Å². The molecule has 0 aliphatic heterocycles. The number of benzene rings is 1. The van der Waals surface area contributed by atoms with Crippen molar-refractivity contribution in [3.05, 3.63) is 35.1 Å². The third kappa shape index (κ3) is 2.80. The zero-order valence-electron chi connectivity index (χ0n) is 9.82. The standard InChI is InChI=1S/C13H16F3N/c1-2-13(3-4-13)8-17-7-9-5-11(15)12(16)6-10(9)14/h5-6,17H,2-4,7-8H2,1H3. The van der Waals surface area contributed by atoms with Gasteiger partial charge in [-0.3, -0.25) is 0 Å². The molecule has 17 heavy (non-hydrogen) atoms. The quantitative estimate of drug-likeness (QED) is 0.782. The van der Waals surface area contributed by atoms with Crippen LogP contribution in [0.25, 0.3) is 0 Å². The highest BCUT2D eigenvalue weighted by Gasteiger charge is 2.39. The molecule has 0 amide bonds. The Morgan fingerprint density at radius 3 is 2.35 bits per heavy atom. The van der Waals surface area contributed by atoms with Gasteiger partial charge in [0.25, 0.3) is 0 Å². The molecule has 0 bridgehead atoms. The molecule has 1 nitrogen and oxygen atoms in total. The van der Waals surface area contributed by atoms with E-state index in [1.165, 1.54) is 12.8 Å². The summed E-state index contributed by atoms with van der Waals surface area (Å²) in [4.78, 5) is 0. The molecule has 1 aromatic carbocycles. The second-order valence-electron chi connectivity index (χ2n) is 4.81. The largest absolute Gasteiger partial charge is 0.312 e. The van der Waals surface area contributed by atoms with E-state index in [4.69, 9.17) is 0 Å². The van der Waals surface area contributed by atoms with Crippen LogP contribution in [-0.4, -0.2) is 6.54 Å². The Kier molecular flexibility index (Phi) is 3.43. The number of halogens is 3. The normalized spacial score (nSPS) is 17.2. The summed E-state index contributed by atoms with van der Waals surface area (Å²) in [5.74, 6) is -2.84. The first kappa shape index (κ1) is 12.4. The van der Waals surface area contributed by atoms with E-state index in [1.54, 1.807) is 0 Å². The zero-order valence-corrected chi connectivity index (χ0v) is 9.82. The molecule has 0 heterocycles. The summed E-state index contributed by atoms with van der Waals surface area (Å²) < 4.78 is 38.9. The molecule has 94 valence electrons. The van der Waals surface area contributed by atoms with Crippen molar-refractivity contribution in [1.29, 1.82) is 0 Å². The van der Waals surface area contributed by atoms with Gasteiger partial charge in [0, 0.05) is 24.7 Å². The van der Waals surface area contributed by atoms with Crippen LogP contribution in [0.15, 0.2) is 12.1 Å². The van der Waals surface area contributed by atoms with Crippen molar-refractivity contribution in [3.63, 3.8) is 0 Å². The molecule has 0 aromatic heterocycles. The lowest BCUT2D eigenvalue weighted by molar-refractivity contribution is 0.436. The minimum Gasteiger partial charge on any atom is -0.312 e. The number of hydrogen-bond acceptors (Lipinski definition) is 1. The molecule has 2 rings (SSSR count). The summed E-state index contributed by atoms with van der Waals surface area (Å²) in [6, 6.07) is 1.52. The highest BCUT2D eigenvalue weighted by molar-refractivity contribution is 5.20. The van der Waals surface area contributed by atoms with Crippen LogP contribution in [0.1, 0.15) is 31.7 Å². The van der Waals surface area contributed by atoms with Gasteiger partial charge in [0.2, 0.25) is 0 Å². The van der Waals surface area contributed by atoms with Crippen LogP contribution in [0.5, 0.6) is 0 Å². The summed E-state index contributed by atoms with van der Waals surface area (Å²) in [6.07, 6.45) is 3.48. The van der Waals surface area contributed by atoms with Crippen LogP contribution in [0.2, 0.25) is 0 Å². The lowest BCUT2D eigenvalue weighted by Crippen LogP contribution is -2.23. The molecule has 0 radical (unpaired) electrons. The molecule has 0 saturated heterocycles. The van der Waals surface area contributed by atoms with Crippen molar-refractivity contribution < 1.29 is 13.2 Å². The molecule has 1 saturated carbocycles. The van der Waals surface area contributed by atoms with Crippen molar-refractivity contribution >= 4 is 0 Å². The first-order valence-electron chi connectivity index (χ1n) is 5.90. The molecule has 1 fully saturated rings.